The Morgan fingerprint density at radius 1 is 0.266 bits per heavy atom. The molecule has 5 nitrogen and oxygen atoms in total. The van der Waals surface area contributed by atoms with Crippen molar-refractivity contribution in [3.63, 3.8) is 0 Å². The van der Waals surface area contributed by atoms with Crippen molar-refractivity contribution in [3.8, 4) is 56.7 Å². The molecule has 298 valence electrons. The van der Waals surface area contributed by atoms with Gasteiger partial charge in [-0.3, -0.25) is 4.57 Å². The SMILES string of the molecule is c1ccc(-c2ccc(-c3nc(-c4ccccc4)nc(-n4c5ccc6c(c7ccccc7n6-c6cccc(-c7ccccc7)c6)c5c5c6ccccc6c6ccccc6c54)n3)cc2)cc1. The van der Waals surface area contributed by atoms with Gasteiger partial charge in [0.25, 0.3) is 0 Å². The summed E-state index contributed by atoms with van der Waals surface area (Å²) in [5, 5.41) is 9.42. The molecular weight excluding hydrogens is 779 g/mol. The summed E-state index contributed by atoms with van der Waals surface area (Å²) in [6, 6.07) is 79.7. The van der Waals surface area contributed by atoms with Crippen LogP contribution in [0.5, 0.6) is 0 Å². The molecule has 0 atom stereocenters. The Hall–Kier alpha value is -8.67. The molecule has 5 heteroatoms. The van der Waals surface area contributed by atoms with E-state index in [1.807, 2.05) is 24.3 Å². The van der Waals surface area contributed by atoms with E-state index in [4.69, 9.17) is 15.0 Å². The number of benzene rings is 10. The largest absolute Gasteiger partial charge is 0.309 e. The summed E-state index contributed by atoms with van der Waals surface area (Å²) < 4.78 is 4.73. The van der Waals surface area contributed by atoms with Gasteiger partial charge in [-0.1, -0.05) is 194 Å². The molecule has 13 rings (SSSR count). The third-order valence-corrected chi connectivity index (χ3v) is 12.8. The first-order valence-corrected chi connectivity index (χ1v) is 21.7. The third-order valence-electron chi connectivity index (χ3n) is 12.8. The topological polar surface area (TPSA) is 48.5 Å². The van der Waals surface area contributed by atoms with Crippen LogP contribution in [0, 0.1) is 0 Å². The van der Waals surface area contributed by atoms with E-state index in [-0.39, 0.29) is 0 Å². The fraction of sp³-hybridized carbons (Fsp3) is 0. The van der Waals surface area contributed by atoms with E-state index in [0.29, 0.717) is 17.6 Å². The lowest BCUT2D eigenvalue weighted by atomic mass is 9.95. The molecule has 0 unspecified atom stereocenters. The van der Waals surface area contributed by atoms with Crippen LogP contribution in [-0.2, 0) is 0 Å². The summed E-state index contributed by atoms with van der Waals surface area (Å²) in [7, 11) is 0. The molecule has 0 amide bonds. The average molecular weight is 816 g/mol. The molecule has 64 heavy (non-hydrogen) atoms. The number of nitrogens with zero attached hydrogens (tertiary/aromatic N) is 5. The van der Waals surface area contributed by atoms with Gasteiger partial charge in [0.05, 0.1) is 22.1 Å². The van der Waals surface area contributed by atoms with Crippen LogP contribution in [-0.4, -0.2) is 24.1 Å². The van der Waals surface area contributed by atoms with Gasteiger partial charge < -0.3 is 4.57 Å². The predicted molar refractivity (Wildman–Crippen MR) is 265 cm³/mol. The predicted octanol–water partition coefficient (Wildman–Crippen LogP) is 15.0. The minimum atomic E-state index is 0.565. The van der Waals surface area contributed by atoms with Gasteiger partial charge in [0.1, 0.15) is 0 Å². The van der Waals surface area contributed by atoms with Crippen molar-refractivity contribution in [1.29, 1.82) is 0 Å². The van der Waals surface area contributed by atoms with Crippen LogP contribution in [0.4, 0.5) is 0 Å². The summed E-state index contributed by atoms with van der Waals surface area (Å²) in [6.07, 6.45) is 0. The summed E-state index contributed by atoms with van der Waals surface area (Å²) in [5.41, 5.74) is 12.0. The Morgan fingerprint density at radius 2 is 0.734 bits per heavy atom. The van der Waals surface area contributed by atoms with Crippen molar-refractivity contribution >= 4 is 65.2 Å². The monoisotopic (exact) mass is 815 g/mol. The van der Waals surface area contributed by atoms with Gasteiger partial charge in [-0.15, -0.1) is 0 Å². The number of hydrogen-bond acceptors (Lipinski definition) is 3. The van der Waals surface area contributed by atoms with Gasteiger partial charge in [-0.25, -0.2) is 4.98 Å². The molecular formula is C59H37N5. The first kappa shape index (κ1) is 36.0. The highest BCUT2D eigenvalue weighted by atomic mass is 15.2. The van der Waals surface area contributed by atoms with Crippen molar-refractivity contribution < 1.29 is 0 Å². The van der Waals surface area contributed by atoms with E-state index < -0.39 is 0 Å². The smallest absolute Gasteiger partial charge is 0.238 e. The molecule has 0 bridgehead atoms. The highest BCUT2D eigenvalue weighted by Gasteiger charge is 2.26. The number of rotatable bonds is 6. The molecule has 10 aromatic carbocycles. The van der Waals surface area contributed by atoms with E-state index in [1.165, 1.54) is 48.8 Å². The van der Waals surface area contributed by atoms with Crippen molar-refractivity contribution in [2.24, 2.45) is 0 Å². The minimum absolute atomic E-state index is 0.565. The van der Waals surface area contributed by atoms with Gasteiger partial charge in [0.15, 0.2) is 11.6 Å². The maximum atomic E-state index is 5.43. The van der Waals surface area contributed by atoms with Crippen LogP contribution >= 0.6 is 0 Å². The summed E-state index contributed by atoms with van der Waals surface area (Å²) in [5.74, 6) is 1.79. The van der Waals surface area contributed by atoms with Gasteiger partial charge in [0.2, 0.25) is 5.95 Å². The standard InChI is InChI=1S/C59H37N5/c1-4-17-38(18-5-1)40-31-33-42(34-32-40)58-60-57(41-21-8-3-9-22-41)61-59(62-58)64-52-36-35-51-53(55(52)54-47-27-12-10-25-45(47)46-26-11-13-28-48(46)56(54)64)49-29-14-15-30-50(49)63(51)44-24-16-23-43(37-44)39-19-6-2-7-20-39/h1-37H. The van der Waals surface area contributed by atoms with Crippen LogP contribution in [0.1, 0.15) is 0 Å². The van der Waals surface area contributed by atoms with Gasteiger partial charge in [-0.05, 0) is 68.7 Å². The highest BCUT2D eigenvalue weighted by molar-refractivity contribution is 6.38. The van der Waals surface area contributed by atoms with Crippen molar-refractivity contribution in [2.45, 2.75) is 0 Å². The average Bonchev–Trinajstić information content (AvgIpc) is 3.91. The fourth-order valence-corrected chi connectivity index (χ4v) is 9.91. The molecule has 3 aromatic heterocycles. The van der Waals surface area contributed by atoms with Gasteiger partial charge in [-0.2, -0.15) is 9.97 Å². The number of hydrogen-bond donors (Lipinski definition) is 0. The zero-order valence-electron chi connectivity index (χ0n) is 34.6. The maximum absolute atomic E-state index is 5.43. The Kier molecular flexibility index (Phi) is 8.15. The van der Waals surface area contributed by atoms with E-state index in [9.17, 15) is 0 Å². The van der Waals surface area contributed by atoms with Crippen LogP contribution in [0.15, 0.2) is 224 Å². The number of aromatic nitrogens is 5. The molecule has 0 aliphatic rings. The molecule has 0 spiro atoms. The second-order valence-electron chi connectivity index (χ2n) is 16.4. The fourth-order valence-electron chi connectivity index (χ4n) is 9.91. The molecule has 0 N–H and O–H groups in total. The second kappa shape index (κ2) is 14.5. The molecule has 0 radical (unpaired) electrons. The van der Waals surface area contributed by atoms with Crippen molar-refractivity contribution in [2.75, 3.05) is 0 Å². The zero-order chi connectivity index (χ0) is 42.1. The number of fused-ring (bicyclic) bond motifs is 12. The molecule has 13 aromatic rings. The molecule has 0 saturated carbocycles. The summed E-state index contributed by atoms with van der Waals surface area (Å²) in [6.45, 7) is 0. The van der Waals surface area contributed by atoms with E-state index >= 15 is 0 Å². The quantitative estimate of drug-likeness (QED) is 0.157. The number of para-hydroxylation sites is 1. The molecule has 3 heterocycles. The molecule has 0 saturated heterocycles. The highest BCUT2D eigenvalue weighted by Crippen LogP contribution is 2.47. The van der Waals surface area contributed by atoms with E-state index in [2.05, 4.69) is 209 Å². The zero-order valence-corrected chi connectivity index (χ0v) is 34.6. The maximum Gasteiger partial charge on any atom is 0.238 e. The lowest BCUT2D eigenvalue weighted by Gasteiger charge is -2.13. The Bertz CT molecular complexity index is 3930. The third kappa shape index (κ3) is 5.61. The van der Waals surface area contributed by atoms with Crippen molar-refractivity contribution in [3.05, 3.63) is 224 Å². The normalized spacial score (nSPS) is 11.8. The lowest BCUT2D eigenvalue weighted by molar-refractivity contribution is 0.955. The Labute approximate surface area is 368 Å². The van der Waals surface area contributed by atoms with Crippen LogP contribution in [0.2, 0.25) is 0 Å². The Morgan fingerprint density at radius 3 is 1.41 bits per heavy atom. The first-order valence-electron chi connectivity index (χ1n) is 21.7. The van der Waals surface area contributed by atoms with Crippen LogP contribution in [0.25, 0.3) is 122 Å². The summed E-state index contributed by atoms with van der Waals surface area (Å²) >= 11 is 0. The molecule has 0 aliphatic heterocycles. The van der Waals surface area contributed by atoms with Crippen LogP contribution in [0.3, 0.4) is 0 Å². The van der Waals surface area contributed by atoms with Gasteiger partial charge in [0, 0.05) is 43.7 Å². The second-order valence-corrected chi connectivity index (χ2v) is 16.4. The van der Waals surface area contributed by atoms with Crippen molar-refractivity contribution in [1.82, 2.24) is 24.1 Å². The van der Waals surface area contributed by atoms with E-state index in [0.717, 1.165) is 55.4 Å². The Balaban J connectivity index is 1.16. The minimum Gasteiger partial charge on any atom is -0.309 e. The summed E-state index contributed by atoms with van der Waals surface area (Å²) in [4.78, 5) is 16.0. The molecule has 0 aliphatic carbocycles. The molecule has 0 fully saturated rings. The van der Waals surface area contributed by atoms with Crippen LogP contribution < -0.4 is 0 Å². The lowest BCUT2D eigenvalue weighted by Crippen LogP contribution is -2.06. The van der Waals surface area contributed by atoms with E-state index in [1.54, 1.807) is 0 Å². The van der Waals surface area contributed by atoms with Gasteiger partial charge >= 0.3 is 0 Å². The first-order chi connectivity index (χ1) is 31.8.